The van der Waals surface area contributed by atoms with Crippen LogP contribution in [0.5, 0.6) is 0 Å². The van der Waals surface area contributed by atoms with Gasteiger partial charge in [0.1, 0.15) is 0 Å². The van der Waals surface area contributed by atoms with Crippen LogP contribution in [0.25, 0.3) is 0 Å². The molecule has 0 spiro atoms. The van der Waals surface area contributed by atoms with E-state index in [0.29, 0.717) is 5.92 Å². The first-order valence-electron chi connectivity index (χ1n) is 7.79. The van der Waals surface area contributed by atoms with Gasteiger partial charge in [-0.2, -0.15) is 0 Å². The van der Waals surface area contributed by atoms with Crippen LogP contribution in [0.4, 0.5) is 0 Å². The monoisotopic (exact) mass is 337 g/mol. The molecule has 0 aromatic rings. The molecule has 0 unspecified atom stereocenters. The molecular formula is C14H35NO4Si2. The average Bonchev–Trinajstić information content (AvgIpc) is 2.52. The second-order valence-corrected chi connectivity index (χ2v) is 13.1. The molecule has 128 valence electrons. The lowest BCUT2D eigenvalue weighted by atomic mass is 9.99. The summed E-state index contributed by atoms with van der Waals surface area (Å²) in [7, 11) is 3.14. The smallest absolute Gasteiger partial charge is 0.334 e. The summed E-state index contributed by atoms with van der Waals surface area (Å²) in [4.78, 5) is 0. The summed E-state index contributed by atoms with van der Waals surface area (Å²) in [5.74, 6) is 0.573. The van der Waals surface area contributed by atoms with E-state index in [0.717, 1.165) is 44.3 Å². The Hall–Kier alpha value is 0.234. The summed E-state index contributed by atoms with van der Waals surface area (Å²) < 4.78 is 22.1. The normalized spacial score (nSPS) is 13.1. The maximum Gasteiger partial charge on any atom is 0.334 e. The number of rotatable bonds is 13. The molecule has 0 saturated heterocycles. The average molecular weight is 338 g/mol. The third kappa shape index (κ3) is 8.44. The maximum atomic E-state index is 5.90. The van der Waals surface area contributed by atoms with Gasteiger partial charge >= 0.3 is 17.1 Å². The molecule has 0 saturated carbocycles. The second kappa shape index (κ2) is 10.9. The van der Waals surface area contributed by atoms with Crippen LogP contribution in [-0.2, 0) is 17.7 Å². The molecule has 7 heteroatoms. The van der Waals surface area contributed by atoms with E-state index in [1.165, 1.54) is 0 Å². The molecule has 0 amide bonds. The largest absolute Gasteiger partial charge is 0.398 e. The van der Waals surface area contributed by atoms with Gasteiger partial charge in [-0.3, -0.25) is 0 Å². The fourth-order valence-electron chi connectivity index (χ4n) is 2.38. The number of hydrogen-bond acceptors (Lipinski definition) is 5. The zero-order valence-electron chi connectivity index (χ0n) is 14.7. The molecule has 0 heterocycles. The Morgan fingerprint density at radius 3 is 1.33 bits per heavy atom. The lowest BCUT2D eigenvalue weighted by molar-refractivity contribution is 0.245. The Bertz CT molecular complexity index is 237. The molecule has 5 nitrogen and oxygen atoms in total. The molecule has 0 aliphatic rings. The molecule has 0 rings (SSSR count). The molecule has 0 fully saturated rings. The minimum atomic E-state index is -1.92. The zero-order valence-corrected chi connectivity index (χ0v) is 16.7. The van der Waals surface area contributed by atoms with E-state index in [9.17, 15) is 0 Å². The molecule has 2 N–H and O–H groups in total. The highest BCUT2D eigenvalue weighted by molar-refractivity contribution is 6.66. The Kier molecular flexibility index (Phi) is 11.0. The van der Waals surface area contributed by atoms with Gasteiger partial charge in [0.15, 0.2) is 0 Å². The van der Waals surface area contributed by atoms with Gasteiger partial charge in [0.05, 0.1) is 0 Å². The predicted octanol–water partition coefficient (Wildman–Crippen LogP) is 2.85. The van der Waals surface area contributed by atoms with Crippen LogP contribution in [0, 0.1) is 5.92 Å². The summed E-state index contributed by atoms with van der Waals surface area (Å²) in [5, 5.41) is 0. The van der Waals surface area contributed by atoms with E-state index in [1.54, 1.807) is 28.4 Å². The minimum absolute atomic E-state index is 0.573. The zero-order chi connectivity index (χ0) is 16.4. The van der Waals surface area contributed by atoms with Crippen LogP contribution in [-0.4, -0.2) is 52.1 Å². The van der Waals surface area contributed by atoms with Crippen molar-refractivity contribution >= 4 is 17.1 Å². The SMILES string of the molecule is CO[Si](C)(CCCC(CN)CCC[Si](C)(OC)OC)OC. The van der Waals surface area contributed by atoms with Crippen LogP contribution < -0.4 is 5.73 Å². The van der Waals surface area contributed by atoms with Crippen molar-refractivity contribution in [3.05, 3.63) is 0 Å². The third-order valence-electron chi connectivity index (χ3n) is 4.55. The van der Waals surface area contributed by atoms with E-state index in [4.69, 9.17) is 23.4 Å². The molecule has 0 aliphatic carbocycles. The van der Waals surface area contributed by atoms with Crippen molar-refractivity contribution in [3.63, 3.8) is 0 Å². The Balaban J connectivity index is 4.02. The van der Waals surface area contributed by atoms with Crippen LogP contribution in [0.1, 0.15) is 25.7 Å². The lowest BCUT2D eigenvalue weighted by Gasteiger charge is -2.25. The van der Waals surface area contributed by atoms with Crippen molar-refractivity contribution in [1.29, 1.82) is 0 Å². The highest BCUT2D eigenvalue weighted by Crippen LogP contribution is 2.23. The summed E-state index contributed by atoms with van der Waals surface area (Å²) in [6.45, 7) is 4.97. The van der Waals surface area contributed by atoms with Crippen LogP contribution in [0.3, 0.4) is 0 Å². The van der Waals surface area contributed by atoms with Crippen LogP contribution in [0.2, 0.25) is 25.2 Å². The molecule has 21 heavy (non-hydrogen) atoms. The molecule has 0 radical (unpaired) electrons. The third-order valence-corrected chi connectivity index (χ3v) is 10.5. The molecule has 0 aromatic heterocycles. The molecule has 0 atom stereocenters. The van der Waals surface area contributed by atoms with E-state index in [-0.39, 0.29) is 0 Å². The van der Waals surface area contributed by atoms with Gasteiger partial charge in [0.25, 0.3) is 0 Å². The fraction of sp³-hybridized carbons (Fsp3) is 1.00. The van der Waals surface area contributed by atoms with E-state index in [1.807, 2.05) is 0 Å². The Morgan fingerprint density at radius 1 is 0.762 bits per heavy atom. The van der Waals surface area contributed by atoms with Gasteiger partial charge in [-0.15, -0.1) is 0 Å². The topological polar surface area (TPSA) is 62.9 Å². The first-order valence-corrected chi connectivity index (χ1v) is 12.8. The van der Waals surface area contributed by atoms with E-state index in [2.05, 4.69) is 13.1 Å². The van der Waals surface area contributed by atoms with Crippen molar-refractivity contribution in [1.82, 2.24) is 0 Å². The molecule has 0 aliphatic heterocycles. The van der Waals surface area contributed by atoms with Gasteiger partial charge in [-0.25, -0.2) is 0 Å². The predicted molar refractivity (Wildman–Crippen MR) is 91.9 cm³/mol. The second-order valence-electron chi connectivity index (χ2n) is 5.97. The number of nitrogens with two attached hydrogens (primary N) is 1. The quantitative estimate of drug-likeness (QED) is 0.524. The molecule has 0 bridgehead atoms. The Morgan fingerprint density at radius 2 is 1.10 bits per heavy atom. The molecular weight excluding hydrogens is 302 g/mol. The first-order chi connectivity index (χ1) is 9.88. The van der Waals surface area contributed by atoms with Gasteiger partial charge in [0.2, 0.25) is 0 Å². The highest BCUT2D eigenvalue weighted by atomic mass is 28.4. The first kappa shape index (κ1) is 21.2. The van der Waals surface area contributed by atoms with E-state index >= 15 is 0 Å². The van der Waals surface area contributed by atoms with Crippen molar-refractivity contribution in [3.8, 4) is 0 Å². The fourth-order valence-corrected chi connectivity index (χ4v) is 5.22. The number of hydrogen-bond donors (Lipinski definition) is 1. The Labute approximate surface area is 133 Å². The van der Waals surface area contributed by atoms with Crippen molar-refractivity contribution in [2.45, 2.75) is 50.9 Å². The standard InChI is InChI=1S/C14H35NO4Si2/c1-16-20(5,17-2)11-7-9-14(13-15)10-8-12-21(6,18-3)19-4/h14H,7-13,15H2,1-6H3. The van der Waals surface area contributed by atoms with Crippen LogP contribution >= 0.6 is 0 Å². The van der Waals surface area contributed by atoms with Crippen LogP contribution in [0.15, 0.2) is 0 Å². The summed E-state index contributed by atoms with van der Waals surface area (Å²) in [5.41, 5.74) is 5.90. The summed E-state index contributed by atoms with van der Waals surface area (Å²) in [6, 6.07) is 2.05. The lowest BCUT2D eigenvalue weighted by Crippen LogP contribution is -2.36. The van der Waals surface area contributed by atoms with Gasteiger partial charge in [-0.1, -0.05) is 12.8 Å². The van der Waals surface area contributed by atoms with Crippen molar-refractivity contribution in [2.75, 3.05) is 35.0 Å². The van der Waals surface area contributed by atoms with Gasteiger partial charge < -0.3 is 23.4 Å². The van der Waals surface area contributed by atoms with Gasteiger partial charge in [0, 0.05) is 28.4 Å². The maximum absolute atomic E-state index is 5.90. The van der Waals surface area contributed by atoms with Gasteiger partial charge in [-0.05, 0) is 50.5 Å². The van der Waals surface area contributed by atoms with E-state index < -0.39 is 17.1 Å². The summed E-state index contributed by atoms with van der Waals surface area (Å²) >= 11 is 0. The summed E-state index contributed by atoms with van der Waals surface area (Å²) in [6.07, 6.45) is 4.53. The minimum Gasteiger partial charge on any atom is -0.398 e. The van der Waals surface area contributed by atoms with Crippen molar-refractivity contribution < 1.29 is 17.7 Å². The molecule has 0 aromatic carbocycles. The van der Waals surface area contributed by atoms with Crippen molar-refractivity contribution in [2.24, 2.45) is 11.7 Å². The highest BCUT2D eigenvalue weighted by Gasteiger charge is 2.29.